The predicted octanol–water partition coefficient (Wildman–Crippen LogP) is 11.7. The lowest BCUT2D eigenvalue weighted by atomic mass is 9.86. The minimum Gasteiger partial charge on any atom is -0.192 e. The van der Waals surface area contributed by atoms with Crippen LogP contribution < -0.4 is 0 Å². The Balaban J connectivity index is 1.42. The molecule has 0 aliphatic heterocycles. The van der Waals surface area contributed by atoms with Crippen molar-refractivity contribution in [3.05, 3.63) is 145 Å². The van der Waals surface area contributed by atoms with E-state index in [-0.39, 0.29) is 0 Å². The van der Waals surface area contributed by atoms with E-state index in [4.69, 9.17) is 0 Å². The summed E-state index contributed by atoms with van der Waals surface area (Å²) in [5, 5.41) is 31.1. The Hall–Kier alpha value is -6.00. The lowest BCUT2D eigenvalue weighted by Crippen LogP contribution is -1.91. The number of thiophene rings is 1. The maximum atomic E-state index is 10.2. The molecule has 0 N–H and O–H groups in total. The smallest absolute Gasteiger partial charge is 0.100 e. The van der Waals surface area contributed by atoms with Crippen molar-refractivity contribution in [2.75, 3.05) is 0 Å². The summed E-state index contributed by atoms with van der Waals surface area (Å²) in [6.07, 6.45) is 0. The van der Waals surface area contributed by atoms with Crippen LogP contribution in [0.15, 0.2) is 133 Å². The van der Waals surface area contributed by atoms with E-state index < -0.39 is 0 Å². The van der Waals surface area contributed by atoms with Gasteiger partial charge < -0.3 is 0 Å². The monoisotopic (exact) mass is 586 g/mol. The van der Waals surface area contributed by atoms with Gasteiger partial charge in [-0.2, -0.15) is 10.5 Å². The number of hydrogen-bond donors (Lipinski definition) is 0. The minimum atomic E-state index is 0.717. The molecule has 1 heterocycles. The van der Waals surface area contributed by atoms with Gasteiger partial charge in [0.2, 0.25) is 0 Å². The lowest BCUT2D eigenvalue weighted by Gasteiger charge is -2.16. The molecule has 0 radical (unpaired) electrons. The maximum Gasteiger partial charge on any atom is 0.100 e. The number of nitriles is 2. The van der Waals surface area contributed by atoms with Gasteiger partial charge in [0.05, 0.1) is 11.1 Å². The van der Waals surface area contributed by atoms with Crippen LogP contribution in [-0.4, -0.2) is 0 Å². The molecule has 9 aromatic rings. The second-order valence-corrected chi connectivity index (χ2v) is 12.5. The number of hydrogen-bond acceptors (Lipinski definition) is 3. The Morgan fingerprint density at radius 1 is 0.400 bits per heavy atom. The topological polar surface area (TPSA) is 47.6 Å². The highest BCUT2D eigenvalue weighted by Crippen LogP contribution is 2.47. The van der Waals surface area contributed by atoms with E-state index in [0.717, 1.165) is 59.8 Å². The summed E-state index contributed by atoms with van der Waals surface area (Å²) in [6.45, 7) is 0. The fourth-order valence-corrected chi connectivity index (χ4v) is 8.40. The number of benzene rings is 8. The highest BCUT2D eigenvalue weighted by molar-refractivity contribution is 7.26. The van der Waals surface area contributed by atoms with E-state index in [1.807, 2.05) is 35.6 Å². The van der Waals surface area contributed by atoms with Gasteiger partial charge in [-0.15, -0.1) is 11.3 Å². The highest BCUT2D eigenvalue weighted by atomic mass is 32.1. The van der Waals surface area contributed by atoms with E-state index in [1.54, 1.807) is 0 Å². The predicted molar refractivity (Wildman–Crippen MR) is 190 cm³/mol. The molecule has 0 atom stereocenters. The van der Waals surface area contributed by atoms with Crippen LogP contribution in [0.3, 0.4) is 0 Å². The molecule has 9 rings (SSSR count). The molecule has 0 fully saturated rings. The van der Waals surface area contributed by atoms with Gasteiger partial charge in [0, 0.05) is 41.7 Å². The fourth-order valence-electron chi connectivity index (χ4n) is 7.29. The van der Waals surface area contributed by atoms with Crippen molar-refractivity contribution in [3.63, 3.8) is 0 Å². The molecule has 3 heteroatoms. The van der Waals surface area contributed by atoms with Crippen molar-refractivity contribution in [1.82, 2.24) is 0 Å². The Labute approximate surface area is 263 Å². The lowest BCUT2D eigenvalue weighted by molar-refractivity contribution is 1.51. The van der Waals surface area contributed by atoms with E-state index in [2.05, 4.69) is 121 Å². The largest absolute Gasteiger partial charge is 0.192 e. The van der Waals surface area contributed by atoms with Gasteiger partial charge in [0.25, 0.3) is 0 Å². The quantitative estimate of drug-likeness (QED) is 0.189. The fraction of sp³-hybridized carbons (Fsp3) is 0. The van der Waals surface area contributed by atoms with E-state index in [0.29, 0.717) is 11.1 Å². The zero-order valence-electron chi connectivity index (χ0n) is 24.0. The second kappa shape index (κ2) is 9.76. The summed E-state index contributed by atoms with van der Waals surface area (Å²) >= 11 is 1.81. The summed E-state index contributed by atoms with van der Waals surface area (Å²) in [6, 6.07) is 51.5. The number of fused-ring (bicyclic) bond motifs is 7. The first-order valence-electron chi connectivity index (χ1n) is 14.9. The minimum absolute atomic E-state index is 0.717. The van der Waals surface area contributed by atoms with Crippen molar-refractivity contribution in [3.8, 4) is 34.4 Å². The molecule has 0 unspecified atom stereocenters. The van der Waals surface area contributed by atoms with Crippen LogP contribution in [0.5, 0.6) is 0 Å². The maximum absolute atomic E-state index is 10.2. The molecule has 0 saturated carbocycles. The average Bonchev–Trinajstić information content (AvgIpc) is 3.48. The molecule has 2 nitrogen and oxygen atoms in total. The van der Waals surface area contributed by atoms with Gasteiger partial charge in [-0.1, -0.05) is 115 Å². The van der Waals surface area contributed by atoms with Crippen LogP contribution >= 0.6 is 11.3 Å². The molecule has 0 saturated heterocycles. The molecule has 206 valence electrons. The molecule has 0 aliphatic rings. The number of rotatable bonds is 2. The third-order valence-corrected chi connectivity index (χ3v) is 10.3. The van der Waals surface area contributed by atoms with Crippen molar-refractivity contribution in [2.45, 2.75) is 0 Å². The SMILES string of the molecule is N#Cc1c2ccccc2c(-c2ccc3sc4cccc(-c5c6ccccc6c(C#N)c6ccccc56)c4c3c2)c2ccccc12. The third-order valence-electron chi connectivity index (χ3n) is 9.14. The van der Waals surface area contributed by atoms with E-state index in [1.165, 1.54) is 25.7 Å². The molecule has 0 spiro atoms. The molecule has 0 aliphatic carbocycles. The van der Waals surface area contributed by atoms with Crippen molar-refractivity contribution in [1.29, 1.82) is 10.5 Å². The molecular formula is C42H22N2S. The van der Waals surface area contributed by atoms with Gasteiger partial charge in [-0.05, 0) is 62.0 Å². The van der Waals surface area contributed by atoms with Crippen molar-refractivity contribution in [2.24, 2.45) is 0 Å². The average molecular weight is 587 g/mol. The zero-order chi connectivity index (χ0) is 30.1. The second-order valence-electron chi connectivity index (χ2n) is 11.4. The van der Waals surface area contributed by atoms with Crippen molar-refractivity contribution >= 4 is 74.6 Å². The normalized spacial score (nSPS) is 11.5. The van der Waals surface area contributed by atoms with Gasteiger partial charge >= 0.3 is 0 Å². The van der Waals surface area contributed by atoms with E-state index >= 15 is 0 Å². The van der Waals surface area contributed by atoms with Gasteiger partial charge in [0.1, 0.15) is 12.1 Å². The molecule has 1 aromatic heterocycles. The molecule has 8 aromatic carbocycles. The first kappa shape index (κ1) is 25.5. The Morgan fingerprint density at radius 2 is 0.867 bits per heavy atom. The molecule has 0 bridgehead atoms. The van der Waals surface area contributed by atoms with Crippen LogP contribution in [0.25, 0.3) is 85.5 Å². The summed E-state index contributed by atoms with van der Waals surface area (Å²) in [5.74, 6) is 0. The van der Waals surface area contributed by atoms with E-state index in [9.17, 15) is 10.5 Å². The highest BCUT2D eigenvalue weighted by Gasteiger charge is 2.20. The van der Waals surface area contributed by atoms with Crippen LogP contribution in [0.2, 0.25) is 0 Å². The zero-order valence-corrected chi connectivity index (χ0v) is 24.8. The summed E-state index contributed by atoms with van der Waals surface area (Å²) in [5.41, 5.74) is 6.03. The van der Waals surface area contributed by atoms with Crippen LogP contribution in [-0.2, 0) is 0 Å². The van der Waals surface area contributed by atoms with Crippen LogP contribution in [0, 0.1) is 22.7 Å². The Bertz CT molecular complexity index is 2680. The summed E-state index contributed by atoms with van der Waals surface area (Å²) < 4.78 is 2.46. The summed E-state index contributed by atoms with van der Waals surface area (Å²) in [4.78, 5) is 0. The third kappa shape index (κ3) is 3.60. The first-order chi connectivity index (χ1) is 22.3. The first-order valence-corrected chi connectivity index (χ1v) is 15.7. The van der Waals surface area contributed by atoms with Gasteiger partial charge in [-0.3, -0.25) is 0 Å². The molecular weight excluding hydrogens is 565 g/mol. The Morgan fingerprint density at radius 3 is 1.36 bits per heavy atom. The van der Waals surface area contributed by atoms with Gasteiger partial charge in [-0.25, -0.2) is 0 Å². The van der Waals surface area contributed by atoms with Crippen LogP contribution in [0.1, 0.15) is 11.1 Å². The molecule has 0 amide bonds. The van der Waals surface area contributed by atoms with Crippen LogP contribution in [0.4, 0.5) is 0 Å². The summed E-state index contributed by atoms with van der Waals surface area (Å²) in [7, 11) is 0. The van der Waals surface area contributed by atoms with Gasteiger partial charge in [0.15, 0.2) is 0 Å². The number of nitrogens with zero attached hydrogens (tertiary/aromatic N) is 2. The van der Waals surface area contributed by atoms with Crippen molar-refractivity contribution < 1.29 is 0 Å². The molecule has 45 heavy (non-hydrogen) atoms. The Kier molecular flexibility index (Phi) is 5.53. The standard InChI is InChI=1S/C42H22N2S/c43-23-36-26-10-1-5-14-30(26)40(31-15-6-2-11-27(31)36)25-20-21-38-35(22-25)42-34(18-9-19-39(42)45-38)41-32-16-7-3-12-28(32)37(24-44)29-13-4-8-17-33(29)41/h1-22H.